The van der Waals surface area contributed by atoms with Gasteiger partial charge in [0, 0.05) is 12.8 Å². The van der Waals surface area contributed by atoms with Gasteiger partial charge in [0.1, 0.15) is 0 Å². The molecular weight excluding hydrogens is 827 g/mol. The molecule has 3 N–H and O–H groups in total. The molecule has 0 heterocycles. The van der Waals surface area contributed by atoms with E-state index in [1.54, 1.807) is 6.08 Å². The summed E-state index contributed by atoms with van der Waals surface area (Å²) in [6, 6.07) is -0.630. The van der Waals surface area contributed by atoms with Gasteiger partial charge in [0.25, 0.3) is 0 Å². The Kier molecular flexibility index (Phi) is 55.5. The summed E-state index contributed by atoms with van der Waals surface area (Å²) in [6.45, 7) is 4.90. The van der Waals surface area contributed by atoms with E-state index in [1.807, 2.05) is 6.08 Å². The van der Waals surface area contributed by atoms with Crippen molar-refractivity contribution in [1.82, 2.24) is 5.32 Å². The SMILES string of the molecule is CCCCCCCC/C=C\CCCCCCCCCCCC(=O)OCCCCCCCCCCCCCCCCCCCCC(=O)NC(CO)C(O)/C=C/CCCCCCCCCCCCC. The zero-order chi connectivity index (χ0) is 48.6. The van der Waals surface area contributed by atoms with Crippen LogP contribution < -0.4 is 5.32 Å². The van der Waals surface area contributed by atoms with Crippen LogP contribution in [0.5, 0.6) is 0 Å². The van der Waals surface area contributed by atoms with Crippen molar-refractivity contribution < 1.29 is 24.5 Å². The van der Waals surface area contributed by atoms with Gasteiger partial charge in [-0.2, -0.15) is 0 Å². The largest absolute Gasteiger partial charge is 0.466 e. The highest BCUT2D eigenvalue weighted by atomic mass is 16.5. The first-order valence-corrected chi connectivity index (χ1v) is 30.1. The molecule has 0 saturated heterocycles. The molecule has 0 fully saturated rings. The normalized spacial score (nSPS) is 12.7. The van der Waals surface area contributed by atoms with Crippen LogP contribution in [0.25, 0.3) is 0 Å². The number of rotatable bonds is 56. The van der Waals surface area contributed by atoms with Gasteiger partial charge in [-0.25, -0.2) is 0 Å². The molecule has 67 heavy (non-hydrogen) atoms. The molecule has 6 nitrogen and oxygen atoms in total. The smallest absolute Gasteiger partial charge is 0.305 e. The Balaban J connectivity index is 3.40. The lowest BCUT2D eigenvalue weighted by molar-refractivity contribution is -0.143. The van der Waals surface area contributed by atoms with Crippen molar-refractivity contribution in [2.24, 2.45) is 0 Å². The van der Waals surface area contributed by atoms with Gasteiger partial charge in [-0.15, -0.1) is 0 Å². The highest BCUT2D eigenvalue weighted by Crippen LogP contribution is 2.17. The van der Waals surface area contributed by atoms with Crippen molar-refractivity contribution in [2.45, 2.75) is 341 Å². The first-order valence-electron chi connectivity index (χ1n) is 30.1. The van der Waals surface area contributed by atoms with Crippen LogP contribution in [0.1, 0.15) is 328 Å². The molecule has 0 aromatic rings. The topological polar surface area (TPSA) is 95.9 Å². The van der Waals surface area contributed by atoms with Gasteiger partial charge >= 0.3 is 5.97 Å². The maximum Gasteiger partial charge on any atom is 0.305 e. The zero-order valence-corrected chi connectivity index (χ0v) is 45.1. The van der Waals surface area contributed by atoms with E-state index < -0.39 is 12.1 Å². The van der Waals surface area contributed by atoms with E-state index in [4.69, 9.17) is 4.74 Å². The third-order valence-electron chi connectivity index (χ3n) is 14.0. The highest BCUT2D eigenvalue weighted by molar-refractivity contribution is 5.76. The lowest BCUT2D eigenvalue weighted by Crippen LogP contribution is -2.45. The summed E-state index contributed by atoms with van der Waals surface area (Å²) in [5.74, 6) is -0.0650. The molecule has 0 radical (unpaired) electrons. The van der Waals surface area contributed by atoms with Crippen LogP contribution in [-0.2, 0) is 14.3 Å². The summed E-state index contributed by atoms with van der Waals surface area (Å²) in [5.41, 5.74) is 0. The number of hydrogen-bond acceptors (Lipinski definition) is 5. The number of hydrogen-bond donors (Lipinski definition) is 3. The van der Waals surface area contributed by atoms with Crippen molar-refractivity contribution in [3.63, 3.8) is 0 Å². The number of aliphatic hydroxyl groups is 2. The Morgan fingerprint density at radius 2 is 0.701 bits per heavy atom. The van der Waals surface area contributed by atoms with E-state index in [0.717, 1.165) is 44.9 Å². The molecule has 0 spiro atoms. The van der Waals surface area contributed by atoms with Gasteiger partial charge in [0.15, 0.2) is 0 Å². The number of allylic oxidation sites excluding steroid dienone is 3. The summed E-state index contributed by atoms with van der Waals surface area (Å²) in [6.07, 6.45) is 69.2. The Morgan fingerprint density at radius 3 is 1.06 bits per heavy atom. The molecule has 0 bridgehead atoms. The fraction of sp³-hybridized carbons (Fsp3) is 0.902. The number of unbranched alkanes of at least 4 members (excludes halogenated alkanes) is 43. The Labute approximate surface area is 418 Å². The highest BCUT2D eigenvalue weighted by Gasteiger charge is 2.18. The standard InChI is InChI=1S/C61H117NO5/c1-3-5-7-9-11-13-15-17-18-19-20-24-27-31-35-39-43-47-51-55-61(66)67-56-52-48-44-40-36-32-28-25-22-21-23-26-30-34-38-42-46-50-54-60(65)62-58(57-63)59(64)53-49-45-41-37-33-29-16-14-12-10-8-6-4-2/h17-18,49,53,58-59,63-64H,3-16,19-48,50-52,54-57H2,1-2H3,(H,62,65)/b18-17-,53-49+. The van der Waals surface area contributed by atoms with Gasteiger partial charge in [-0.3, -0.25) is 9.59 Å². The van der Waals surface area contributed by atoms with Crippen molar-refractivity contribution >= 4 is 11.9 Å². The predicted molar refractivity (Wildman–Crippen MR) is 292 cm³/mol. The summed E-state index contributed by atoms with van der Waals surface area (Å²) in [7, 11) is 0. The Bertz CT molecular complexity index is 1040. The average Bonchev–Trinajstić information content (AvgIpc) is 3.33. The third kappa shape index (κ3) is 53.5. The molecular formula is C61H117NO5. The predicted octanol–water partition coefficient (Wildman–Crippen LogP) is 18.6. The molecule has 0 aliphatic rings. The van der Waals surface area contributed by atoms with Crippen LogP contribution in [0, 0.1) is 0 Å². The quantitative estimate of drug-likeness (QED) is 0.0321. The van der Waals surface area contributed by atoms with Crippen molar-refractivity contribution in [1.29, 1.82) is 0 Å². The van der Waals surface area contributed by atoms with Gasteiger partial charge < -0.3 is 20.3 Å². The van der Waals surface area contributed by atoms with Crippen molar-refractivity contribution in [3.8, 4) is 0 Å². The molecule has 396 valence electrons. The molecule has 0 aliphatic heterocycles. The van der Waals surface area contributed by atoms with Crippen LogP contribution in [0.3, 0.4) is 0 Å². The molecule has 2 atom stereocenters. The Morgan fingerprint density at radius 1 is 0.403 bits per heavy atom. The zero-order valence-electron chi connectivity index (χ0n) is 45.1. The summed E-state index contributed by atoms with van der Waals surface area (Å²) in [4.78, 5) is 24.5. The van der Waals surface area contributed by atoms with Crippen molar-refractivity contribution in [3.05, 3.63) is 24.3 Å². The first kappa shape index (κ1) is 65.3. The second-order valence-electron chi connectivity index (χ2n) is 20.7. The van der Waals surface area contributed by atoms with Gasteiger partial charge in [0.05, 0.1) is 25.4 Å². The number of carbonyl (C=O) groups is 2. The molecule has 0 aromatic heterocycles. The van der Waals surface area contributed by atoms with E-state index in [-0.39, 0.29) is 18.5 Å². The minimum Gasteiger partial charge on any atom is -0.466 e. The number of aliphatic hydroxyl groups excluding tert-OH is 2. The molecule has 0 rings (SSSR count). The molecule has 0 aromatic carbocycles. The van der Waals surface area contributed by atoms with Gasteiger partial charge in [-0.05, 0) is 57.8 Å². The average molecular weight is 945 g/mol. The maximum absolute atomic E-state index is 12.4. The van der Waals surface area contributed by atoms with Crippen LogP contribution in [0.15, 0.2) is 24.3 Å². The van der Waals surface area contributed by atoms with Crippen LogP contribution in [0.2, 0.25) is 0 Å². The minimum atomic E-state index is -0.846. The summed E-state index contributed by atoms with van der Waals surface area (Å²) >= 11 is 0. The third-order valence-corrected chi connectivity index (χ3v) is 14.0. The summed E-state index contributed by atoms with van der Waals surface area (Å²) < 4.78 is 5.49. The fourth-order valence-corrected chi connectivity index (χ4v) is 9.34. The molecule has 2 unspecified atom stereocenters. The second-order valence-corrected chi connectivity index (χ2v) is 20.7. The lowest BCUT2D eigenvalue weighted by Gasteiger charge is -2.20. The van der Waals surface area contributed by atoms with E-state index in [1.165, 1.54) is 257 Å². The van der Waals surface area contributed by atoms with Gasteiger partial charge in [0.2, 0.25) is 5.91 Å². The van der Waals surface area contributed by atoms with Crippen LogP contribution >= 0.6 is 0 Å². The molecule has 0 aliphatic carbocycles. The van der Waals surface area contributed by atoms with Crippen molar-refractivity contribution in [2.75, 3.05) is 13.2 Å². The number of esters is 1. The second kappa shape index (κ2) is 56.9. The van der Waals surface area contributed by atoms with E-state index >= 15 is 0 Å². The van der Waals surface area contributed by atoms with Crippen LogP contribution in [-0.4, -0.2) is 47.4 Å². The summed E-state index contributed by atoms with van der Waals surface area (Å²) in [5, 5.41) is 23.1. The maximum atomic E-state index is 12.4. The first-order chi connectivity index (χ1) is 33.0. The lowest BCUT2D eigenvalue weighted by atomic mass is 10.0. The van der Waals surface area contributed by atoms with E-state index in [2.05, 4.69) is 31.3 Å². The number of carbonyl (C=O) groups excluding carboxylic acids is 2. The molecule has 6 heteroatoms. The molecule has 0 saturated carbocycles. The van der Waals surface area contributed by atoms with Crippen LogP contribution in [0.4, 0.5) is 0 Å². The van der Waals surface area contributed by atoms with E-state index in [9.17, 15) is 19.8 Å². The Hall–Kier alpha value is -1.66. The number of nitrogens with one attached hydrogen (secondary N) is 1. The monoisotopic (exact) mass is 944 g/mol. The van der Waals surface area contributed by atoms with E-state index in [0.29, 0.717) is 19.4 Å². The van der Waals surface area contributed by atoms with Gasteiger partial charge in [-0.1, -0.05) is 282 Å². The number of amides is 1. The minimum absolute atomic E-state index is 0.00629. The number of ether oxygens (including phenoxy) is 1. The molecule has 1 amide bonds. The fourth-order valence-electron chi connectivity index (χ4n) is 9.34.